The topological polar surface area (TPSA) is 103 Å². The van der Waals surface area contributed by atoms with Crippen LogP contribution in [0.1, 0.15) is 41.5 Å². The summed E-state index contributed by atoms with van der Waals surface area (Å²) in [6.45, 7) is 5.90. The van der Waals surface area contributed by atoms with Gasteiger partial charge in [-0.05, 0) is 38.5 Å². The Kier molecular flexibility index (Phi) is 5.36. The van der Waals surface area contributed by atoms with Crippen molar-refractivity contribution in [3.63, 3.8) is 0 Å². The molecule has 0 aliphatic carbocycles. The van der Waals surface area contributed by atoms with Crippen LogP contribution in [0.25, 0.3) is 11.3 Å². The first-order valence-electron chi connectivity index (χ1n) is 9.98. The molecule has 0 fully saturated rings. The first kappa shape index (κ1) is 20.8. The molecule has 9 nitrogen and oxygen atoms in total. The van der Waals surface area contributed by atoms with E-state index in [2.05, 4.69) is 10.1 Å². The number of aromatic nitrogens is 4. The molecule has 1 N–H and O–H groups in total. The van der Waals surface area contributed by atoms with E-state index in [1.54, 1.807) is 42.2 Å². The summed E-state index contributed by atoms with van der Waals surface area (Å²) in [5.41, 5.74) is 4.30. The van der Waals surface area contributed by atoms with Crippen molar-refractivity contribution in [2.24, 2.45) is 0 Å². The summed E-state index contributed by atoms with van der Waals surface area (Å²) in [6, 6.07) is 3.44. The molecule has 31 heavy (non-hydrogen) atoms. The van der Waals surface area contributed by atoms with E-state index in [0.717, 1.165) is 11.1 Å². The maximum Gasteiger partial charge on any atom is 0.261 e. The highest BCUT2D eigenvalue weighted by Crippen LogP contribution is 2.39. The van der Waals surface area contributed by atoms with Crippen LogP contribution in [-0.4, -0.2) is 51.1 Å². The third kappa shape index (κ3) is 3.61. The first-order valence-corrected chi connectivity index (χ1v) is 9.98. The van der Waals surface area contributed by atoms with Gasteiger partial charge in [-0.15, -0.1) is 0 Å². The minimum absolute atomic E-state index is 0.110. The number of hydrogen-bond acceptors (Lipinski definition) is 7. The monoisotopic (exact) mass is 423 g/mol. The molecule has 1 amide bonds. The summed E-state index contributed by atoms with van der Waals surface area (Å²) in [5, 5.41) is 13.9. The maximum absolute atomic E-state index is 13.2. The van der Waals surface area contributed by atoms with Crippen molar-refractivity contribution in [3.8, 4) is 22.9 Å². The second-order valence-corrected chi connectivity index (χ2v) is 7.64. The first-order chi connectivity index (χ1) is 14.8. The lowest BCUT2D eigenvalue weighted by molar-refractivity contribution is 0.0992. The fraction of sp³-hybridized carbons (Fsp3) is 0.364. The Morgan fingerprint density at radius 2 is 2.00 bits per heavy atom. The van der Waals surface area contributed by atoms with Gasteiger partial charge in [0.1, 0.15) is 0 Å². The molecule has 0 aromatic carbocycles. The Morgan fingerprint density at radius 3 is 2.68 bits per heavy atom. The number of aliphatic hydroxyl groups is 1. The van der Waals surface area contributed by atoms with E-state index in [0.29, 0.717) is 40.8 Å². The maximum atomic E-state index is 13.2. The van der Waals surface area contributed by atoms with E-state index >= 15 is 0 Å². The van der Waals surface area contributed by atoms with E-state index in [9.17, 15) is 9.90 Å². The van der Waals surface area contributed by atoms with Crippen LogP contribution in [0.4, 0.5) is 5.69 Å². The van der Waals surface area contributed by atoms with Crippen molar-refractivity contribution in [2.75, 3.05) is 19.1 Å². The number of pyridine rings is 2. The van der Waals surface area contributed by atoms with Crippen molar-refractivity contribution in [1.82, 2.24) is 19.7 Å². The lowest BCUT2D eigenvalue weighted by Gasteiger charge is -2.19. The highest BCUT2D eigenvalue weighted by Gasteiger charge is 2.38. The molecule has 3 aromatic heterocycles. The van der Waals surface area contributed by atoms with Crippen molar-refractivity contribution < 1.29 is 19.4 Å². The third-order valence-electron chi connectivity index (χ3n) is 5.34. The predicted octanol–water partition coefficient (Wildman–Crippen LogP) is 2.77. The van der Waals surface area contributed by atoms with E-state index in [1.165, 1.54) is 7.11 Å². The van der Waals surface area contributed by atoms with Crippen LogP contribution in [0.3, 0.4) is 0 Å². The summed E-state index contributed by atoms with van der Waals surface area (Å²) in [7, 11) is 3.09. The van der Waals surface area contributed by atoms with Gasteiger partial charge in [-0.25, -0.2) is 9.97 Å². The average Bonchev–Trinajstić information content (AvgIpc) is 3.28. The molecule has 0 bridgehead atoms. The average molecular weight is 423 g/mol. The largest absolute Gasteiger partial charge is 0.491 e. The van der Waals surface area contributed by atoms with Crippen LogP contribution in [-0.2, 0) is 6.54 Å². The van der Waals surface area contributed by atoms with Crippen LogP contribution in [0.15, 0.2) is 30.7 Å². The fourth-order valence-corrected chi connectivity index (χ4v) is 3.90. The Morgan fingerprint density at radius 1 is 1.23 bits per heavy atom. The number of ether oxygens (including phenoxy) is 2. The number of aryl methyl sites for hydroxylation is 1. The number of carbonyl (C=O) groups is 1. The standard InChI is InChI=1S/C22H25N5O4/c1-12-6-17(15-7-18(30-4)21(31-5)23-8-15)25-20-14(3)27(22(29)19(12)20)16-9-24-26(11-16)10-13(2)28/h6-9,11,13-14,28H,10H2,1-5H3/t13-,14+/m1/s1. The van der Waals surface area contributed by atoms with Gasteiger partial charge in [0.25, 0.3) is 11.8 Å². The molecule has 4 heterocycles. The van der Waals surface area contributed by atoms with Crippen molar-refractivity contribution in [2.45, 2.75) is 39.5 Å². The quantitative estimate of drug-likeness (QED) is 0.650. The summed E-state index contributed by atoms with van der Waals surface area (Å²) in [6.07, 6.45) is 4.55. The van der Waals surface area contributed by atoms with E-state index in [1.807, 2.05) is 26.0 Å². The van der Waals surface area contributed by atoms with Crippen LogP contribution in [0.5, 0.6) is 11.6 Å². The minimum atomic E-state index is -0.529. The molecule has 4 rings (SSSR count). The number of carbonyl (C=O) groups excluding carboxylic acids is 1. The molecule has 9 heteroatoms. The number of methoxy groups -OCH3 is 2. The third-order valence-corrected chi connectivity index (χ3v) is 5.34. The van der Waals surface area contributed by atoms with Crippen LogP contribution < -0.4 is 14.4 Å². The predicted molar refractivity (Wildman–Crippen MR) is 114 cm³/mol. The van der Waals surface area contributed by atoms with Crippen molar-refractivity contribution in [1.29, 1.82) is 0 Å². The summed E-state index contributed by atoms with van der Waals surface area (Å²) in [4.78, 5) is 24.0. The van der Waals surface area contributed by atoms with Crippen molar-refractivity contribution in [3.05, 3.63) is 47.5 Å². The molecule has 0 radical (unpaired) electrons. The van der Waals surface area contributed by atoms with Gasteiger partial charge >= 0.3 is 0 Å². The summed E-state index contributed by atoms with van der Waals surface area (Å²) in [5.74, 6) is 0.797. The van der Waals surface area contributed by atoms with E-state index in [-0.39, 0.29) is 11.9 Å². The number of hydrogen-bond donors (Lipinski definition) is 1. The van der Waals surface area contributed by atoms with Gasteiger partial charge in [0, 0.05) is 18.0 Å². The van der Waals surface area contributed by atoms with Gasteiger partial charge in [-0.2, -0.15) is 5.10 Å². The number of anilines is 1. The van der Waals surface area contributed by atoms with Gasteiger partial charge in [0.15, 0.2) is 5.75 Å². The van der Waals surface area contributed by atoms with Gasteiger partial charge in [-0.1, -0.05) is 0 Å². The molecule has 2 atom stereocenters. The highest BCUT2D eigenvalue weighted by molar-refractivity contribution is 6.11. The Labute approximate surface area is 180 Å². The van der Waals surface area contributed by atoms with Gasteiger partial charge in [0.05, 0.1) is 61.7 Å². The van der Waals surface area contributed by atoms with Gasteiger partial charge in [-0.3, -0.25) is 14.4 Å². The smallest absolute Gasteiger partial charge is 0.261 e. The van der Waals surface area contributed by atoms with Crippen LogP contribution in [0, 0.1) is 6.92 Å². The van der Waals surface area contributed by atoms with Crippen LogP contribution in [0.2, 0.25) is 0 Å². The molecule has 3 aromatic rings. The molecule has 0 spiro atoms. The zero-order chi connectivity index (χ0) is 22.3. The second-order valence-electron chi connectivity index (χ2n) is 7.64. The molecule has 1 aliphatic heterocycles. The highest BCUT2D eigenvalue weighted by atomic mass is 16.5. The molecule has 162 valence electrons. The van der Waals surface area contributed by atoms with E-state index in [4.69, 9.17) is 14.5 Å². The number of rotatable bonds is 6. The number of fused-ring (bicyclic) bond motifs is 1. The SMILES string of the molecule is COc1cc(-c2cc(C)c3c(n2)[C@H](C)N(c2cnn(C[C@@H](C)O)c2)C3=O)cnc1OC. The van der Waals surface area contributed by atoms with Crippen molar-refractivity contribution >= 4 is 11.6 Å². The molecule has 0 saturated heterocycles. The molecule has 0 saturated carbocycles. The van der Waals surface area contributed by atoms with E-state index < -0.39 is 6.10 Å². The Hall–Kier alpha value is -3.46. The molecule has 1 aliphatic rings. The number of aliphatic hydroxyl groups excluding tert-OH is 1. The van der Waals surface area contributed by atoms with Gasteiger partial charge in [0.2, 0.25) is 0 Å². The lowest BCUT2D eigenvalue weighted by Crippen LogP contribution is -2.26. The zero-order valence-electron chi connectivity index (χ0n) is 18.2. The molecular formula is C22H25N5O4. The summed E-state index contributed by atoms with van der Waals surface area (Å²) >= 11 is 0. The number of nitrogens with zero attached hydrogens (tertiary/aromatic N) is 5. The van der Waals surface area contributed by atoms with Crippen LogP contribution >= 0.6 is 0 Å². The number of amides is 1. The fourth-order valence-electron chi connectivity index (χ4n) is 3.90. The Balaban J connectivity index is 1.72. The van der Waals surface area contributed by atoms with Gasteiger partial charge < -0.3 is 14.6 Å². The Bertz CT molecular complexity index is 1140. The molecular weight excluding hydrogens is 398 g/mol. The lowest BCUT2D eigenvalue weighted by atomic mass is 10.0. The zero-order valence-corrected chi connectivity index (χ0v) is 18.2. The summed E-state index contributed by atoms with van der Waals surface area (Å²) < 4.78 is 12.2. The normalized spacial score (nSPS) is 16.4. The molecule has 0 unspecified atom stereocenters. The minimum Gasteiger partial charge on any atom is -0.491 e. The second kappa shape index (κ2) is 7.99.